The summed E-state index contributed by atoms with van der Waals surface area (Å²) in [6, 6.07) is 7.62. The van der Waals surface area contributed by atoms with E-state index in [2.05, 4.69) is 25.7 Å². The second kappa shape index (κ2) is 10.6. The third kappa shape index (κ3) is 6.19. The summed E-state index contributed by atoms with van der Waals surface area (Å²) in [6.07, 6.45) is 0.748. The second-order valence-corrected chi connectivity index (χ2v) is 10.3. The quantitative estimate of drug-likeness (QED) is 0.457. The Kier molecular flexibility index (Phi) is 7.56. The Balaban J connectivity index is 1.44. The number of nitrogens with zero attached hydrogens (tertiary/aromatic N) is 6. The van der Waals surface area contributed by atoms with Gasteiger partial charge in [0.25, 0.3) is 5.91 Å². The van der Waals surface area contributed by atoms with Gasteiger partial charge in [0, 0.05) is 30.9 Å². The molecule has 1 amide bonds. The molecular formula is C22H26FN7O5S. The van der Waals surface area contributed by atoms with Crippen LogP contribution in [0.25, 0.3) is 11.4 Å². The number of halogens is 1. The molecular weight excluding hydrogens is 493 g/mol. The molecule has 36 heavy (non-hydrogen) atoms. The molecule has 0 spiro atoms. The molecule has 0 bridgehead atoms. The predicted molar refractivity (Wildman–Crippen MR) is 126 cm³/mol. The van der Waals surface area contributed by atoms with Crippen molar-refractivity contribution in [1.82, 2.24) is 34.8 Å². The number of rotatable bonds is 8. The highest BCUT2D eigenvalue weighted by atomic mass is 32.2. The summed E-state index contributed by atoms with van der Waals surface area (Å²) in [4.78, 5) is 18.4. The number of tetrazole rings is 1. The van der Waals surface area contributed by atoms with Crippen LogP contribution in [0, 0.1) is 12.7 Å². The molecule has 1 unspecified atom stereocenters. The van der Waals surface area contributed by atoms with Gasteiger partial charge < -0.3 is 14.8 Å². The van der Waals surface area contributed by atoms with Crippen molar-refractivity contribution >= 4 is 15.9 Å². The van der Waals surface area contributed by atoms with Gasteiger partial charge >= 0.3 is 0 Å². The molecule has 1 atom stereocenters. The molecule has 3 aromatic rings. The lowest BCUT2D eigenvalue weighted by Crippen LogP contribution is -2.46. The van der Waals surface area contributed by atoms with Crippen LogP contribution in [-0.4, -0.2) is 83.0 Å². The van der Waals surface area contributed by atoms with Gasteiger partial charge in [-0.3, -0.25) is 4.79 Å². The number of carbonyl (C=O) groups is 1. The number of aromatic nitrogens is 5. The lowest BCUT2D eigenvalue weighted by atomic mass is 10.1. The number of nitrogens with one attached hydrogen (secondary N) is 1. The van der Waals surface area contributed by atoms with E-state index in [1.807, 2.05) is 0 Å². The summed E-state index contributed by atoms with van der Waals surface area (Å²) in [5, 5.41) is 15.2. The average Bonchev–Trinajstić information content (AvgIpc) is 3.31. The summed E-state index contributed by atoms with van der Waals surface area (Å²) in [5.41, 5.74) is 1.95. The van der Waals surface area contributed by atoms with E-state index in [1.54, 1.807) is 25.1 Å². The number of hydrogen-bond acceptors (Lipinski definition) is 9. The summed E-state index contributed by atoms with van der Waals surface area (Å²) >= 11 is 0. The van der Waals surface area contributed by atoms with Crippen molar-refractivity contribution in [2.24, 2.45) is 0 Å². The van der Waals surface area contributed by atoms with Crippen LogP contribution in [0.5, 0.6) is 5.75 Å². The van der Waals surface area contributed by atoms with E-state index in [0.29, 0.717) is 23.4 Å². The molecule has 0 saturated carbocycles. The zero-order chi connectivity index (χ0) is 25.9. The Hall–Kier alpha value is -3.49. The number of hydrogen-bond donors (Lipinski definition) is 1. The van der Waals surface area contributed by atoms with Gasteiger partial charge in [0.05, 0.1) is 32.6 Å². The van der Waals surface area contributed by atoms with Gasteiger partial charge in [-0.2, -0.15) is 9.10 Å². The fraction of sp³-hybridized carbons (Fsp3) is 0.409. The van der Waals surface area contributed by atoms with Gasteiger partial charge in [-0.15, -0.1) is 10.2 Å². The zero-order valence-corrected chi connectivity index (χ0v) is 20.8. The van der Waals surface area contributed by atoms with Crippen LogP contribution in [0.1, 0.15) is 21.7 Å². The SMILES string of the molecule is COc1cc(CNC(=O)c2cc(-c3nnn(CC4CN(S(C)(=O)=O)CCO4)n3)cc(C)n2)ccc1F. The number of aryl methyl sites for hydroxylation is 1. The Labute approximate surface area is 207 Å². The Morgan fingerprint density at radius 2 is 2.11 bits per heavy atom. The fourth-order valence-electron chi connectivity index (χ4n) is 3.72. The van der Waals surface area contributed by atoms with Crippen LogP contribution in [0.2, 0.25) is 0 Å². The van der Waals surface area contributed by atoms with Crippen LogP contribution in [-0.2, 0) is 27.8 Å². The van der Waals surface area contributed by atoms with E-state index in [4.69, 9.17) is 9.47 Å². The van der Waals surface area contributed by atoms with Gasteiger partial charge in [-0.05, 0) is 42.0 Å². The second-order valence-electron chi connectivity index (χ2n) is 8.32. The molecule has 12 nitrogen and oxygen atoms in total. The number of sulfonamides is 1. The Morgan fingerprint density at radius 1 is 1.31 bits per heavy atom. The molecule has 1 N–H and O–H groups in total. The third-order valence-electron chi connectivity index (χ3n) is 5.50. The Bertz CT molecular complexity index is 1360. The molecule has 3 heterocycles. The third-order valence-corrected chi connectivity index (χ3v) is 6.77. The van der Waals surface area contributed by atoms with Gasteiger partial charge in [-0.1, -0.05) is 6.07 Å². The van der Waals surface area contributed by atoms with Crippen LogP contribution in [0.4, 0.5) is 4.39 Å². The lowest BCUT2D eigenvalue weighted by molar-refractivity contribution is -0.0141. The van der Waals surface area contributed by atoms with Crippen LogP contribution >= 0.6 is 0 Å². The number of amides is 1. The van der Waals surface area contributed by atoms with Gasteiger partial charge in [0.1, 0.15) is 5.69 Å². The first-order valence-corrected chi connectivity index (χ1v) is 12.9. The number of methoxy groups -OCH3 is 1. The first-order chi connectivity index (χ1) is 17.1. The van der Waals surface area contributed by atoms with Crippen LogP contribution < -0.4 is 10.1 Å². The standard InChI is InChI=1S/C22H26FN7O5S/c1-14-8-16(10-19(25-14)22(31)24-11-15-4-5-18(23)20(9-15)34-2)21-26-28-30(27-21)13-17-12-29(6-7-35-17)36(3,32)33/h4-5,8-10,17H,6-7,11-13H2,1-3H3,(H,24,31). The maximum absolute atomic E-state index is 13.6. The first-order valence-electron chi connectivity index (χ1n) is 11.1. The molecule has 192 valence electrons. The van der Waals surface area contributed by atoms with E-state index in [9.17, 15) is 17.6 Å². The van der Waals surface area contributed by atoms with E-state index in [0.717, 1.165) is 6.26 Å². The van der Waals surface area contributed by atoms with Crippen molar-refractivity contribution < 1.29 is 27.1 Å². The summed E-state index contributed by atoms with van der Waals surface area (Å²) < 4.78 is 49.2. The van der Waals surface area contributed by atoms with E-state index < -0.39 is 27.9 Å². The minimum absolute atomic E-state index is 0.0922. The zero-order valence-electron chi connectivity index (χ0n) is 20.0. The number of benzene rings is 1. The fourth-order valence-corrected chi connectivity index (χ4v) is 4.57. The monoisotopic (exact) mass is 519 g/mol. The van der Waals surface area contributed by atoms with Crippen molar-refractivity contribution in [1.29, 1.82) is 0 Å². The molecule has 1 aliphatic rings. The number of ether oxygens (including phenoxy) is 2. The normalized spacial score (nSPS) is 16.6. The van der Waals surface area contributed by atoms with Gasteiger partial charge in [0.15, 0.2) is 11.6 Å². The first kappa shape index (κ1) is 25.6. The highest BCUT2D eigenvalue weighted by Gasteiger charge is 2.27. The van der Waals surface area contributed by atoms with Crippen molar-refractivity contribution in [2.75, 3.05) is 33.1 Å². The van der Waals surface area contributed by atoms with Gasteiger partial charge in [0.2, 0.25) is 15.8 Å². The summed E-state index contributed by atoms with van der Waals surface area (Å²) in [6.45, 7) is 2.91. The van der Waals surface area contributed by atoms with E-state index >= 15 is 0 Å². The average molecular weight is 520 g/mol. The Morgan fingerprint density at radius 3 is 2.86 bits per heavy atom. The summed E-state index contributed by atoms with van der Waals surface area (Å²) in [7, 11) is -1.94. The van der Waals surface area contributed by atoms with E-state index in [1.165, 1.54) is 28.3 Å². The largest absolute Gasteiger partial charge is 0.494 e. The lowest BCUT2D eigenvalue weighted by Gasteiger charge is -2.30. The van der Waals surface area contributed by atoms with Crippen LogP contribution in [0.3, 0.4) is 0 Å². The maximum Gasteiger partial charge on any atom is 0.270 e. The van der Waals surface area contributed by atoms with Gasteiger partial charge in [-0.25, -0.2) is 17.8 Å². The number of pyridine rings is 1. The van der Waals surface area contributed by atoms with Crippen molar-refractivity contribution in [3.05, 3.63) is 53.1 Å². The molecule has 1 fully saturated rings. The van der Waals surface area contributed by atoms with Crippen molar-refractivity contribution in [2.45, 2.75) is 26.1 Å². The molecule has 14 heteroatoms. The van der Waals surface area contributed by atoms with E-state index in [-0.39, 0.29) is 43.5 Å². The molecule has 1 saturated heterocycles. The number of morpholine rings is 1. The van der Waals surface area contributed by atoms with Crippen molar-refractivity contribution in [3.8, 4) is 17.1 Å². The molecule has 1 aromatic carbocycles. The van der Waals surface area contributed by atoms with Crippen LogP contribution in [0.15, 0.2) is 30.3 Å². The minimum atomic E-state index is -3.31. The topological polar surface area (TPSA) is 141 Å². The number of carbonyl (C=O) groups excluding carboxylic acids is 1. The highest BCUT2D eigenvalue weighted by Crippen LogP contribution is 2.19. The molecule has 0 radical (unpaired) electrons. The van der Waals surface area contributed by atoms with Crippen molar-refractivity contribution in [3.63, 3.8) is 0 Å². The molecule has 0 aliphatic carbocycles. The highest BCUT2D eigenvalue weighted by molar-refractivity contribution is 7.88. The molecule has 4 rings (SSSR count). The predicted octanol–water partition coefficient (Wildman–Crippen LogP) is 0.782. The summed E-state index contributed by atoms with van der Waals surface area (Å²) in [5.74, 6) is -0.531. The smallest absolute Gasteiger partial charge is 0.270 e. The maximum atomic E-state index is 13.6. The molecule has 1 aliphatic heterocycles. The molecule has 2 aromatic heterocycles. The minimum Gasteiger partial charge on any atom is -0.494 e.